The Morgan fingerprint density at radius 2 is 1.46 bits per heavy atom. The van der Waals surface area contributed by atoms with Gasteiger partial charge >= 0.3 is 0 Å². The van der Waals surface area contributed by atoms with Crippen molar-refractivity contribution in [1.82, 2.24) is 0 Å². The number of unbranched alkanes of at least 4 members (excludes halogenated alkanes) is 7. The molecule has 0 aromatic heterocycles. The van der Waals surface area contributed by atoms with E-state index in [1.165, 1.54) is 67.7 Å². The van der Waals surface area contributed by atoms with E-state index in [-0.39, 0.29) is 0 Å². The van der Waals surface area contributed by atoms with Crippen LogP contribution in [-0.2, 0) is 0 Å². The molecule has 13 heavy (non-hydrogen) atoms. The molecule has 0 nitrogen and oxygen atoms in total. The summed E-state index contributed by atoms with van der Waals surface area (Å²) in [5.41, 5.74) is 0. The van der Waals surface area contributed by atoms with Crippen LogP contribution >= 0.6 is 0 Å². The highest BCUT2D eigenvalue weighted by molar-refractivity contribution is 6.09. The molecule has 0 rings (SSSR count). The quantitative estimate of drug-likeness (QED) is 0.302. The first-order valence-corrected chi connectivity index (χ1v) is 7.48. The smallest absolute Gasteiger partial charge is 0.00754 e. The van der Waals surface area contributed by atoms with E-state index in [1.54, 1.807) is 0 Å². The highest BCUT2D eigenvalue weighted by atomic mass is 28.1. The second-order valence-electron chi connectivity index (χ2n) is 3.79. The van der Waals surface area contributed by atoms with Crippen molar-refractivity contribution in [3.05, 3.63) is 12.2 Å². The van der Waals surface area contributed by atoms with Gasteiger partial charge in [0.25, 0.3) is 0 Å². The number of hydrogen-bond donors (Lipinski definition) is 0. The summed E-state index contributed by atoms with van der Waals surface area (Å²) in [5, 5.41) is 0. The van der Waals surface area contributed by atoms with Crippen LogP contribution in [0.3, 0.4) is 0 Å². The summed E-state index contributed by atoms with van der Waals surface area (Å²) in [7, 11) is 1.32. The van der Waals surface area contributed by atoms with Crippen LogP contribution in [0.1, 0.15) is 58.3 Å². The minimum Gasteiger partial charge on any atom is -0.0921 e. The van der Waals surface area contributed by atoms with Crippen molar-refractivity contribution in [2.45, 2.75) is 64.3 Å². The van der Waals surface area contributed by atoms with Gasteiger partial charge in [-0.3, -0.25) is 0 Å². The third kappa shape index (κ3) is 12.0. The van der Waals surface area contributed by atoms with E-state index in [9.17, 15) is 0 Å². The van der Waals surface area contributed by atoms with Gasteiger partial charge in [0.2, 0.25) is 0 Å². The van der Waals surface area contributed by atoms with Crippen molar-refractivity contribution in [1.29, 1.82) is 0 Å². The van der Waals surface area contributed by atoms with Crippen molar-refractivity contribution >= 4 is 10.2 Å². The summed E-state index contributed by atoms with van der Waals surface area (Å²) in [6.07, 6.45) is 16.0. The number of allylic oxidation sites excluding steroid dienone is 2. The molecule has 0 saturated carbocycles. The molecular formula is C12H26Si. The van der Waals surface area contributed by atoms with Gasteiger partial charge in [0, 0.05) is 10.2 Å². The van der Waals surface area contributed by atoms with E-state index < -0.39 is 0 Å². The molecule has 0 unspecified atom stereocenters. The number of rotatable bonds is 9. The molecule has 0 bridgehead atoms. The number of hydrogen-bond acceptors (Lipinski definition) is 0. The van der Waals surface area contributed by atoms with E-state index in [2.05, 4.69) is 19.1 Å². The molecule has 0 saturated heterocycles. The van der Waals surface area contributed by atoms with Gasteiger partial charge in [-0.05, 0) is 18.9 Å². The average molecular weight is 198 g/mol. The minimum atomic E-state index is 1.32. The largest absolute Gasteiger partial charge is 0.0921 e. The van der Waals surface area contributed by atoms with E-state index in [0.717, 1.165) is 0 Å². The minimum absolute atomic E-state index is 1.32. The van der Waals surface area contributed by atoms with Crippen molar-refractivity contribution in [3.63, 3.8) is 0 Å². The lowest BCUT2D eigenvalue weighted by Crippen LogP contribution is -1.78. The predicted molar refractivity (Wildman–Crippen MR) is 66.5 cm³/mol. The topological polar surface area (TPSA) is 0 Å². The predicted octanol–water partition coefficient (Wildman–Crippen LogP) is 3.47. The summed E-state index contributed by atoms with van der Waals surface area (Å²) in [4.78, 5) is 0. The molecule has 0 spiro atoms. The van der Waals surface area contributed by atoms with Gasteiger partial charge < -0.3 is 0 Å². The standard InChI is InChI=1S/C12H26Si/c1-2-3-4-5-6-7-8-9-10-11-12-13/h10-11H,2-9,12H2,1,13H3. The van der Waals surface area contributed by atoms with Gasteiger partial charge in [-0.1, -0.05) is 57.6 Å². The van der Waals surface area contributed by atoms with Crippen LogP contribution < -0.4 is 0 Å². The first-order chi connectivity index (χ1) is 6.41. The third-order valence-corrected chi connectivity index (χ3v) is 2.85. The first kappa shape index (κ1) is 13.0. The molecule has 0 fully saturated rings. The molecule has 0 atom stereocenters. The van der Waals surface area contributed by atoms with Crippen molar-refractivity contribution in [2.24, 2.45) is 0 Å². The molecule has 0 aromatic rings. The lowest BCUT2D eigenvalue weighted by atomic mass is 10.1. The molecule has 0 aliphatic carbocycles. The van der Waals surface area contributed by atoms with Crippen LogP contribution in [0.5, 0.6) is 0 Å². The fourth-order valence-electron chi connectivity index (χ4n) is 1.50. The lowest BCUT2D eigenvalue weighted by molar-refractivity contribution is 0.592. The summed E-state index contributed by atoms with van der Waals surface area (Å²) in [5.74, 6) is 0. The summed E-state index contributed by atoms with van der Waals surface area (Å²) < 4.78 is 0. The Hall–Kier alpha value is -0.0431. The second-order valence-corrected chi connectivity index (χ2v) is 4.61. The van der Waals surface area contributed by atoms with Crippen molar-refractivity contribution < 1.29 is 0 Å². The SMILES string of the molecule is CCCCCCCCCC=CC[SiH3]. The van der Waals surface area contributed by atoms with Crippen LogP contribution in [0, 0.1) is 0 Å². The molecule has 0 amide bonds. The zero-order valence-electron chi connectivity index (χ0n) is 9.52. The summed E-state index contributed by atoms with van der Waals surface area (Å²) in [6.45, 7) is 2.28. The zero-order valence-corrected chi connectivity index (χ0v) is 11.5. The first-order valence-electron chi connectivity index (χ1n) is 6.06. The molecule has 78 valence electrons. The zero-order chi connectivity index (χ0) is 9.78. The summed E-state index contributed by atoms with van der Waals surface area (Å²) >= 11 is 0. The second kappa shape index (κ2) is 12.0. The van der Waals surface area contributed by atoms with Crippen LogP contribution in [0.15, 0.2) is 12.2 Å². The molecule has 0 radical (unpaired) electrons. The van der Waals surface area contributed by atoms with E-state index in [1.807, 2.05) is 0 Å². The average Bonchev–Trinajstić information content (AvgIpc) is 2.16. The molecule has 0 N–H and O–H groups in total. The Labute approximate surface area is 87.2 Å². The van der Waals surface area contributed by atoms with Crippen LogP contribution in [0.4, 0.5) is 0 Å². The molecule has 0 aliphatic heterocycles. The van der Waals surface area contributed by atoms with Gasteiger partial charge in [0.1, 0.15) is 0 Å². The maximum Gasteiger partial charge on any atom is 0.00754 e. The Morgan fingerprint density at radius 1 is 0.846 bits per heavy atom. The fraction of sp³-hybridized carbons (Fsp3) is 0.833. The normalized spacial score (nSPS) is 11.5. The monoisotopic (exact) mass is 198 g/mol. The Morgan fingerprint density at radius 3 is 2.08 bits per heavy atom. The van der Waals surface area contributed by atoms with Crippen LogP contribution in [0.25, 0.3) is 0 Å². The van der Waals surface area contributed by atoms with E-state index >= 15 is 0 Å². The van der Waals surface area contributed by atoms with Crippen LogP contribution in [-0.4, -0.2) is 10.2 Å². The van der Waals surface area contributed by atoms with E-state index in [4.69, 9.17) is 0 Å². The van der Waals surface area contributed by atoms with Crippen LogP contribution in [0.2, 0.25) is 6.04 Å². The highest BCUT2D eigenvalue weighted by Crippen LogP contribution is 2.08. The van der Waals surface area contributed by atoms with Gasteiger partial charge in [-0.2, -0.15) is 0 Å². The van der Waals surface area contributed by atoms with Gasteiger partial charge in [-0.25, -0.2) is 0 Å². The van der Waals surface area contributed by atoms with Gasteiger partial charge in [0.15, 0.2) is 0 Å². The maximum absolute atomic E-state index is 2.36. The Kier molecular flexibility index (Phi) is 11.9. The molecule has 0 aliphatic rings. The fourth-order valence-corrected chi connectivity index (χ4v) is 1.84. The van der Waals surface area contributed by atoms with Crippen molar-refractivity contribution in [2.75, 3.05) is 0 Å². The molecule has 0 aromatic carbocycles. The van der Waals surface area contributed by atoms with Crippen molar-refractivity contribution in [3.8, 4) is 0 Å². The Balaban J connectivity index is 2.87. The van der Waals surface area contributed by atoms with Gasteiger partial charge in [0.05, 0.1) is 0 Å². The molecule has 1 heteroatoms. The van der Waals surface area contributed by atoms with E-state index in [0.29, 0.717) is 0 Å². The maximum atomic E-state index is 2.36. The lowest BCUT2D eigenvalue weighted by Gasteiger charge is -1.98. The molecule has 0 heterocycles. The van der Waals surface area contributed by atoms with Gasteiger partial charge in [-0.15, -0.1) is 0 Å². The third-order valence-electron chi connectivity index (χ3n) is 2.38. The summed E-state index contributed by atoms with van der Waals surface area (Å²) in [6, 6.07) is 1.33. The molecular weight excluding hydrogens is 172 g/mol. The Bertz CT molecular complexity index is 108. The highest BCUT2D eigenvalue weighted by Gasteiger charge is 1.88.